The molecule has 7 nitrogen and oxygen atoms in total. The summed E-state index contributed by atoms with van der Waals surface area (Å²) in [6, 6.07) is 17.2. The minimum Gasteiger partial charge on any atom is -0.496 e. The van der Waals surface area contributed by atoms with Crippen LogP contribution in [0.3, 0.4) is 0 Å². The molecule has 0 aromatic heterocycles. The number of nitrogens with zero attached hydrogens (tertiary/aromatic N) is 2. The Kier molecular flexibility index (Phi) is 4.33. The molecule has 138 valence electrons. The van der Waals surface area contributed by atoms with Crippen LogP contribution in [0.25, 0.3) is 16.8 Å². The molecule has 3 aromatic rings. The largest absolute Gasteiger partial charge is 0.496 e. The topological polar surface area (TPSA) is 91.0 Å². The monoisotopic (exact) mass is 374 g/mol. The highest BCUT2D eigenvalue weighted by Gasteiger charge is 2.25. The Labute approximate surface area is 159 Å². The van der Waals surface area contributed by atoms with E-state index in [2.05, 4.69) is 4.99 Å². The molecule has 0 spiro atoms. The van der Waals surface area contributed by atoms with Crippen LogP contribution < -0.4 is 4.74 Å². The number of carbonyl (C=O) groups is 1. The number of benzene rings is 3. The van der Waals surface area contributed by atoms with Crippen molar-refractivity contribution < 1.29 is 19.2 Å². The molecule has 0 unspecified atom stereocenters. The van der Waals surface area contributed by atoms with Crippen molar-refractivity contribution >= 4 is 34.4 Å². The van der Waals surface area contributed by atoms with E-state index in [4.69, 9.17) is 9.47 Å². The molecule has 1 aliphatic rings. The summed E-state index contributed by atoms with van der Waals surface area (Å²) in [5.74, 6) is 0.117. The highest BCUT2D eigenvalue weighted by Crippen LogP contribution is 2.31. The molecule has 0 aliphatic carbocycles. The molecule has 0 fully saturated rings. The van der Waals surface area contributed by atoms with Gasteiger partial charge in [-0.3, -0.25) is 10.1 Å². The fourth-order valence-electron chi connectivity index (χ4n) is 3.00. The summed E-state index contributed by atoms with van der Waals surface area (Å²) in [5, 5.41) is 12.7. The summed E-state index contributed by atoms with van der Waals surface area (Å²) in [6.07, 6.45) is 1.63. The zero-order chi connectivity index (χ0) is 19.7. The van der Waals surface area contributed by atoms with E-state index in [9.17, 15) is 14.9 Å². The molecular formula is C21H14N2O5. The maximum Gasteiger partial charge on any atom is 0.363 e. The SMILES string of the molecule is COc1ccc2ccccc2c1/C=C1/N=C(c2ccc([N+](=O)[O-])cc2)OC1=O. The van der Waals surface area contributed by atoms with Gasteiger partial charge in [0.05, 0.1) is 12.0 Å². The summed E-state index contributed by atoms with van der Waals surface area (Å²) < 4.78 is 10.7. The van der Waals surface area contributed by atoms with E-state index in [1.54, 1.807) is 13.2 Å². The van der Waals surface area contributed by atoms with Gasteiger partial charge in [0.1, 0.15) is 5.75 Å². The second kappa shape index (κ2) is 6.96. The Bertz CT molecular complexity index is 1160. The molecule has 1 heterocycles. The molecule has 0 saturated heterocycles. The van der Waals surface area contributed by atoms with Crippen LogP contribution in [0.1, 0.15) is 11.1 Å². The lowest BCUT2D eigenvalue weighted by atomic mass is 10.0. The number of hydrogen-bond acceptors (Lipinski definition) is 6. The van der Waals surface area contributed by atoms with Crippen molar-refractivity contribution in [1.29, 1.82) is 0 Å². The number of fused-ring (bicyclic) bond motifs is 1. The van der Waals surface area contributed by atoms with Gasteiger partial charge < -0.3 is 9.47 Å². The van der Waals surface area contributed by atoms with Crippen molar-refractivity contribution in [3.63, 3.8) is 0 Å². The fourth-order valence-corrected chi connectivity index (χ4v) is 3.00. The number of nitro groups is 1. The van der Waals surface area contributed by atoms with Gasteiger partial charge in [-0.05, 0) is 35.0 Å². The molecule has 0 bridgehead atoms. The lowest BCUT2D eigenvalue weighted by molar-refractivity contribution is -0.384. The highest BCUT2D eigenvalue weighted by molar-refractivity contribution is 6.13. The molecule has 1 aliphatic heterocycles. The van der Waals surface area contributed by atoms with E-state index in [-0.39, 0.29) is 17.3 Å². The Morgan fingerprint density at radius 1 is 1.07 bits per heavy atom. The van der Waals surface area contributed by atoms with E-state index < -0.39 is 10.9 Å². The van der Waals surface area contributed by atoms with Crippen LogP contribution in [0.5, 0.6) is 5.75 Å². The third kappa shape index (κ3) is 3.09. The minimum atomic E-state index is -0.594. The predicted molar refractivity (Wildman–Crippen MR) is 104 cm³/mol. The normalized spacial score (nSPS) is 14.8. The van der Waals surface area contributed by atoms with Crippen LogP contribution in [0.2, 0.25) is 0 Å². The fraction of sp³-hybridized carbons (Fsp3) is 0.0476. The second-order valence-electron chi connectivity index (χ2n) is 6.04. The van der Waals surface area contributed by atoms with Gasteiger partial charge in [0, 0.05) is 23.3 Å². The number of cyclic esters (lactones) is 1. The van der Waals surface area contributed by atoms with Crippen LogP contribution in [-0.4, -0.2) is 23.9 Å². The molecule has 7 heteroatoms. The molecular weight excluding hydrogens is 360 g/mol. The van der Waals surface area contributed by atoms with Gasteiger partial charge in [-0.25, -0.2) is 9.79 Å². The second-order valence-corrected chi connectivity index (χ2v) is 6.04. The van der Waals surface area contributed by atoms with Crippen LogP contribution in [-0.2, 0) is 9.53 Å². The zero-order valence-corrected chi connectivity index (χ0v) is 14.8. The molecule has 3 aromatic carbocycles. The first-order valence-electron chi connectivity index (χ1n) is 8.40. The summed E-state index contributed by atoms with van der Waals surface area (Å²) >= 11 is 0. The number of esters is 1. The van der Waals surface area contributed by atoms with Crippen molar-refractivity contribution in [1.82, 2.24) is 0 Å². The van der Waals surface area contributed by atoms with Crippen LogP contribution in [0, 0.1) is 10.1 Å². The highest BCUT2D eigenvalue weighted by atomic mass is 16.6. The van der Waals surface area contributed by atoms with Gasteiger partial charge in [-0.15, -0.1) is 0 Å². The third-order valence-corrected chi connectivity index (χ3v) is 4.38. The van der Waals surface area contributed by atoms with E-state index >= 15 is 0 Å². The molecule has 0 amide bonds. The number of aliphatic imine (C=N–C) groups is 1. The van der Waals surface area contributed by atoms with Gasteiger partial charge in [0.15, 0.2) is 5.70 Å². The van der Waals surface area contributed by atoms with Gasteiger partial charge in [0.25, 0.3) is 5.69 Å². The van der Waals surface area contributed by atoms with E-state index in [1.807, 2.05) is 36.4 Å². The summed E-state index contributed by atoms with van der Waals surface area (Å²) in [4.78, 5) is 26.9. The molecule has 0 N–H and O–H groups in total. The van der Waals surface area contributed by atoms with E-state index in [1.165, 1.54) is 24.3 Å². The number of hydrogen-bond donors (Lipinski definition) is 0. The minimum absolute atomic E-state index is 0.0510. The van der Waals surface area contributed by atoms with Crippen LogP contribution >= 0.6 is 0 Å². The van der Waals surface area contributed by atoms with E-state index in [0.29, 0.717) is 11.3 Å². The van der Waals surface area contributed by atoms with Gasteiger partial charge in [-0.1, -0.05) is 30.3 Å². The van der Waals surface area contributed by atoms with Gasteiger partial charge in [-0.2, -0.15) is 0 Å². The molecule has 28 heavy (non-hydrogen) atoms. The smallest absolute Gasteiger partial charge is 0.363 e. The van der Waals surface area contributed by atoms with Crippen LogP contribution in [0.15, 0.2) is 71.4 Å². The zero-order valence-electron chi connectivity index (χ0n) is 14.8. The van der Waals surface area contributed by atoms with Crippen molar-refractivity contribution in [2.45, 2.75) is 0 Å². The predicted octanol–water partition coefficient (Wildman–Crippen LogP) is 4.10. The first kappa shape index (κ1) is 17.4. The number of non-ortho nitro benzene ring substituents is 1. The molecule has 0 saturated carbocycles. The Balaban J connectivity index is 1.77. The summed E-state index contributed by atoms with van der Waals surface area (Å²) in [7, 11) is 1.56. The number of rotatable bonds is 4. The summed E-state index contributed by atoms with van der Waals surface area (Å²) in [6.45, 7) is 0. The van der Waals surface area contributed by atoms with Crippen molar-refractivity contribution in [3.8, 4) is 5.75 Å². The number of nitro benzene ring substituents is 1. The lowest BCUT2D eigenvalue weighted by Gasteiger charge is -2.08. The molecule has 0 radical (unpaired) electrons. The lowest BCUT2D eigenvalue weighted by Crippen LogP contribution is -2.05. The molecule has 4 rings (SSSR count). The van der Waals surface area contributed by atoms with Crippen LogP contribution in [0.4, 0.5) is 5.69 Å². The Morgan fingerprint density at radius 3 is 2.54 bits per heavy atom. The average molecular weight is 374 g/mol. The van der Waals surface area contributed by atoms with Crippen molar-refractivity contribution in [2.75, 3.05) is 7.11 Å². The maximum absolute atomic E-state index is 12.3. The Morgan fingerprint density at radius 2 is 1.82 bits per heavy atom. The number of carbonyl (C=O) groups excluding carboxylic acids is 1. The standard InChI is InChI=1S/C21H14N2O5/c1-27-19-11-8-13-4-2-3-5-16(13)17(19)12-18-21(24)28-20(22-18)14-6-9-15(10-7-14)23(25)26/h2-12H,1H3/b18-12+. The Hall–Kier alpha value is -4.00. The average Bonchev–Trinajstić information content (AvgIpc) is 3.08. The third-order valence-electron chi connectivity index (χ3n) is 4.38. The van der Waals surface area contributed by atoms with Gasteiger partial charge >= 0.3 is 5.97 Å². The van der Waals surface area contributed by atoms with Gasteiger partial charge in [0.2, 0.25) is 5.90 Å². The van der Waals surface area contributed by atoms with Crippen molar-refractivity contribution in [2.24, 2.45) is 4.99 Å². The first-order valence-corrected chi connectivity index (χ1v) is 8.40. The molecule has 0 atom stereocenters. The van der Waals surface area contributed by atoms with Crippen molar-refractivity contribution in [3.05, 3.63) is 87.6 Å². The van der Waals surface area contributed by atoms with E-state index in [0.717, 1.165) is 16.3 Å². The first-order chi connectivity index (χ1) is 13.6. The number of ether oxygens (including phenoxy) is 2. The number of methoxy groups -OCH3 is 1. The quantitative estimate of drug-likeness (QED) is 0.297. The summed E-state index contributed by atoms with van der Waals surface area (Å²) in [5.41, 5.74) is 1.28. The maximum atomic E-state index is 12.3.